The number of nitrogens with zero attached hydrogens (tertiary/aromatic N) is 1. The van der Waals surface area contributed by atoms with Gasteiger partial charge in [-0.3, -0.25) is 14.5 Å². The predicted octanol–water partition coefficient (Wildman–Crippen LogP) is 1.34. The standard InChI is InChI=1S/C14H24N2O2/c1-10(17)13(11-6-4-3-5-7-11)15-14(18)12-8-9-16(12)2/h11-13H,3-9H2,1-2H3,(H,15,18)/t12-,13+/m0/s1. The van der Waals surface area contributed by atoms with Crippen molar-refractivity contribution in [2.75, 3.05) is 13.6 Å². The number of likely N-dealkylation sites (tertiary alicyclic amines) is 1. The van der Waals surface area contributed by atoms with Crippen molar-refractivity contribution < 1.29 is 9.59 Å². The molecule has 102 valence electrons. The zero-order valence-corrected chi connectivity index (χ0v) is 11.4. The molecule has 0 aromatic heterocycles. The van der Waals surface area contributed by atoms with Gasteiger partial charge in [0.15, 0.2) is 5.78 Å². The largest absolute Gasteiger partial charge is 0.345 e. The molecule has 1 saturated carbocycles. The summed E-state index contributed by atoms with van der Waals surface area (Å²) >= 11 is 0. The summed E-state index contributed by atoms with van der Waals surface area (Å²) < 4.78 is 0. The Morgan fingerprint density at radius 1 is 1.17 bits per heavy atom. The Hall–Kier alpha value is -0.900. The first-order valence-electron chi connectivity index (χ1n) is 7.10. The number of carbonyl (C=O) groups excluding carboxylic acids is 2. The van der Waals surface area contributed by atoms with E-state index in [2.05, 4.69) is 5.32 Å². The molecule has 1 N–H and O–H groups in total. The van der Waals surface area contributed by atoms with Gasteiger partial charge < -0.3 is 5.32 Å². The Balaban J connectivity index is 1.93. The highest BCUT2D eigenvalue weighted by molar-refractivity contribution is 5.90. The molecule has 2 aliphatic rings. The van der Waals surface area contributed by atoms with Crippen LogP contribution < -0.4 is 5.32 Å². The molecule has 0 aromatic rings. The summed E-state index contributed by atoms with van der Waals surface area (Å²) in [5.41, 5.74) is 0. The quantitative estimate of drug-likeness (QED) is 0.821. The zero-order valence-electron chi connectivity index (χ0n) is 11.4. The predicted molar refractivity (Wildman–Crippen MR) is 70.2 cm³/mol. The summed E-state index contributed by atoms with van der Waals surface area (Å²) in [7, 11) is 1.96. The molecule has 1 aliphatic heterocycles. The van der Waals surface area contributed by atoms with Crippen LogP contribution in [0, 0.1) is 5.92 Å². The molecule has 1 amide bonds. The van der Waals surface area contributed by atoms with E-state index in [1.807, 2.05) is 11.9 Å². The van der Waals surface area contributed by atoms with E-state index >= 15 is 0 Å². The fourth-order valence-electron chi connectivity index (χ4n) is 3.12. The van der Waals surface area contributed by atoms with Crippen LogP contribution in [0.4, 0.5) is 0 Å². The van der Waals surface area contributed by atoms with E-state index in [9.17, 15) is 9.59 Å². The first-order chi connectivity index (χ1) is 8.59. The third-order valence-electron chi connectivity index (χ3n) is 4.45. The molecular formula is C14H24N2O2. The topological polar surface area (TPSA) is 49.4 Å². The van der Waals surface area contributed by atoms with Crippen LogP contribution in [0.5, 0.6) is 0 Å². The number of hydrogen-bond acceptors (Lipinski definition) is 3. The number of carbonyl (C=O) groups is 2. The van der Waals surface area contributed by atoms with E-state index < -0.39 is 0 Å². The molecule has 1 aliphatic carbocycles. The molecule has 0 aromatic carbocycles. The summed E-state index contributed by atoms with van der Waals surface area (Å²) in [4.78, 5) is 25.9. The first-order valence-corrected chi connectivity index (χ1v) is 7.10. The summed E-state index contributed by atoms with van der Waals surface area (Å²) in [5, 5.41) is 2.99. The van der Waals surface area contributed by atoms with Crippen LogP contribution in [-0.2, 0) is 9.59 Å². The maximum Gasteiger partial charge on any atom is 0.237 e. The lowest BCUT2D eigenvalue weighted by molar-refractivity contribution is -0.134. The monoisotopic (exact) mass is 252 g/mol. The summed E-state index contributed by atoms with van der Waals surface area (Å²) in [6.07, 6.45) is 6.70. The van der Waals surface area contributed by atoms with Crippen LogP contribution in [-0.4, -0.2) is 42.3 Å². The van der Waals surface area contributed by atoms with Crippen molar-refractivity contribution in [3.63, 3.8) is 0 Å². The van der Waals surface area contributed by atoms with E-state index in [1.54, 1.807) is 6.92 Å². The van der Waals surface area contributed by atoms with E-state index in [0.717, 1.165) is 25.8 Å². The fourth-order valence-corrected chi connectivity index (χ4v) is 3.12. The zero-order chi connectivity index (χ0) is 13.1. The van der Waals surface area contributed by atoms with Crippen LogP contribution in [0.1, 0.15) is 45.4 Å². The van der Waals surface area contributed by atoms with Crippen molar-refractivity contribution in [1.82, 2.24) is 10.2 Å². The second kappa shape index (κ2) is 5.83. The van der Waals surface area contributed by atoms with Gasteiger partial charge in [0.2, 0.25) is 5.91 Å². The molecule has 2 rings (SSSR count). The van der Waals surface area contributed by atoms with Gasteiger partial charge >= 0.3 is 0 Å². The normalized spacial score (nSPS) is 27.3. The summed E-state index contributed by atoms with van der Waals surface area (Å²) in [6, 6.07) is -0.276. The molecule has 0 bridgehead atoms. The molecule has 2 fully saturated rings. The highest BCUT2D eigenvalue weighted by Crippen LogP contribution is 2.27. The lowest BCUT2D eigenvalue weighted by Crippen LogP contribution is -2.58. The van der Waals surface area contributed by atoms with Crippen LogP contribution >= 0.6 is 0 Å². The minimum Gasteiger partial charge on any atom is -0.345 e. The van der Waals surface area contributed by atoms with Crippen molar-refractivity contribution in [1.29, 1.82) is 0 Å². The third kappa shape index (κ3) is 2.91. The smallest absolute Gasteiger partial charge is 0.237 e. The van der Waals surface area contributed by atoms with Crippen molar-refractivity contribution in [2.24, 2.45) is 5.92 Å². The number of Topliss-reactive ketones (excluding diaryl/α,β-unsaturated/α-hetero) is 1. The van der Waals surface area contributed by atoms with Crippen LogP contribution in [0.2, 0.25) is 0 Å². The van der Waals surface area contributed by atoms with Gasteiger partial charge in [-0.1, -0.05) is 19.3 Å². The molecule has 1 heterocycles. The molecule has 4 heteroatoms. The maximum absolute atomic E-state index is 12.1. The Bertz CT molecular complexity index is 324. The van der Waals surface area contributed by atoms with Crippen LogP contribution in [0.25, 0.3) is 0 Å². The Labute approximate surface area is 109 Å². The number of rotatable bonds is 4. The molecule has 0 radical (unpaired) electrons. The van der Waals surface area contributed by atoms with Gasteiger partial charge in [0.05, 0.1) is 12.1 Å². The van der Waals surface area contributed by atoms with Gasteiger partial charge in [-0.15, -0.1) is 0 Å². The molecule has 0 unspecified atom stereocenters. The van der Waals surface area contributed by atoms with Gasteiger partial charge in [-0.05, 0) is 39.2 Å². The minimum atomic E-state index is -0.258. The van der Waals surface area contributed by atoms with Crippen molar-refractivity contribution in [3.05, 3.63) is 0 Å². The minimum absolute atomic E-state index is 0.0181. The number of ketones is 1. The van der Waals surface area contributed by atoms with E-state index in [0.29, 0.717) is 5.92 Å². The highest BCUT2D eigenvalue weighted by atomic mass is 16.2. The third-order valence-corrected chi connectivity index (χ3v) is 4.45. The summed E-state index contributed by atoms with van der Waals surface area (Å²) in [5.74, 6) is 0.498. The molecular weight excluding hydrogens is 228 g/mol. The molecule has 18 heavy (non-hydrogen) atoms. The maximum atomic E-state index is 12.1. The van der Waals surface area contributed by atoms with E-state index in [1.165, 1.54) is 19.3 Å². The average molecular weight is 252 g/mol. The van der Waals surface area contributed by atoms with Crippen molar-refractivity contribution in [3.8, 4) is 0 Å². The Morgan fingerprint density at radius 2 is 1.83 bits per heavy atom. The van der Waals surface area contributed by atoms with E-state index in [-0.39, 0.29) is 23.8 Å². The number of amides is 1. The van der Waals surface area contributed by atoms with Gasteiger partial charge in [0.1, 0.15) is 0 Å². The second-order valence-corrected chi connectivity index (χ2v) is 5.78. The first kappa shape index (κ1) is 13.5. The average Bonchev–Trinajstić information content (AvgIpc) is 2.34. The fraction of sp³-hybridized carbons (Fsp3) is 0.857. The number of nitrogens with one attached hydrogen (secondary N) is 1. The highest BCUT2D eigenvalue weighted by Gasteiger charge is 2.35. The lowest BCUT2D eigenvalue weighted by atomic mass is 9.82. The Morgan fingerprint density at radius 3 is 2.28 bits per heavy atom. The SMILES string of the molecule is CC(=O)[C@@H](NC(=O)[C@@H]1CCN1C)C1CCCCC1. The van der Waals surface area contributed by atoms with Crippen molar-refractivity contribution >= 4 is 11.7 Å². The lowest BCUT2D eigenvalue weighted by Gasteiger charge is -2.38. The Kier molecular flexibility index (Phi) is 4.38. The molecule has 2 atom stereocenters. The van der Waals surface area contributed by atoms with Gasteiger partial charge in [0, 0.05) is 6.54 Å². The molecule has 1 saturated heterocycles. The molecule has 4 nitrogen and oxygen atoms in total. The van der Waals surface area contributed by atoms with Gasteiger partial charge in [-0.2, -0.15) is 0 Å². The van der Waals surface area contributed by atoms with Crippen LogP contribution in [0.3, 0.4) is 0 Å². The van der Waals surface area contributed by atoms with Gasteiger partial charge in [-0.25, -0.2) is 0 Å². The summed E-state index contributed by atoms with van der Waals surface area (Å²) in [6.45, 7) is 2.58. The number of hydrogen-bond donors (Lipinski definition) is 1. The van der Waals surface area contributed by atoms with E-state index in [4.69, 9.17) is 0 Å². The number of likely N-dealkylation sites (N-methyl/N-ethyl adjacent to an activating group) is 1. The molecule has 0 spiro atoms. The van der Waals surface area contributed by atoms with Crippen LogP contribution in [0.15, 0.2) is 0 Å². The van der Waals surface area contributed by atoms with Gasteiger partial charge in [0.25, 0.3) is 0 Å². The second-order valence-electron chi connectivity index (χ2n) is 5.78. The van der Waals surface area contributed by atoms with Crippen molar-refractivity contribution in [2.45, 2.75) is 57.5 Å².